The van der Waals surface area contributed by atoms with Crippen molar-refractivity contribution < 1.29 is 13.6 Å². The van der Waals surface area contributed by atoms with Gasteiger partial charge in [0, 0.05) is 80.0 Å². The highest BCUT2D eigenvalue weighted by Gasteiger charge is 2.35. The van der Waals surface area contributed by atoms with E-state index in [1.54, 1.807) is 45.2 Å². The molecule has 2 saturated heterocycles. The lowest BCUT2D eigenvalue weighted by molar-refractivity contribution is -0.126. The molecule has 3 aliphatic rings. The Labute approximate surface area is 245 Å². The Balaban J connectivity index is 1.43. The molecule has 0 bridgehead atoms. The number of thioether (sulfide) groups is 1. The maximum atomic E-state index is 14.8. The number of carbonyl (C=O) groups is 1. The molecule has 0 radical (unpaired) electrons. The van der Waals surface area contributed by atoms with E-state index >= 15 is 0 Å². The van der Waals surface area contributed by atoms with E-state index in [-0.39, 0.29) is 23.5 Å². The molecule has 1 atom stereocenters. The molecular formula is C30H31F2N7O2S. The zero-order chi connectivity index (χ0) is 29.3. The highest BCUT2D eigenvalue weighted by molar-refractivity contribution is 7.99. The van der Waals surface area contributed by atoms with Gasteiger partial charge in [-0.1, -0.05) is 6.58 Å². The van der Waals surface area contributed by atoms with Gasteiger partial charge in [0.25, 0.3) is 0 Å². The molecule has 0 aliphatic carbocycles. The van der Waals surface area contributed by atoms with Crippen LogP contribution in [-0.4, -0.2) is 92.8 Å². The normalized spacial score (nSPS) is 19.5. The predicted molar refractivity (Wildman–Crippen MR) is 160 cm³/mol. The number of aromatic nitrogens is 4. The number of carbonyl (C=O) groups excluding carboxylic acids is 1. The summed E-state index contributed by atoms with van der Waals surface area (Å²) in [4.78, 5) is 37.5. The van der Waals surface area contributed by atoms with Crippen LogP contribution in [0.3, 0.4) is 0 Å². The van der Waals surface area contributed by atoms with Crippen molar-refractivity contribution in [3.05, 3.63) is 58.9 Å². The van der Waals surface area contributed by atoms with E-state index in [9.17, 15) is 18.4 Å². The minimum Gasteiger partial charge on any atom is -0.352 e. The first-order valence-corrected chi connectivity index (χ1v) is 15.1. The van der Waals surface area contributed by atoms with Gasteiger partial charge < -0.3 is 9.80 Å². The van der Waals surface area contributed by atoms with Crippen LogP contribution in [0, 0.1) is 12.7 Å². The van der Waals surface area contributed by atoms with Gasteiger partial charge in [-0.05, 0) is 36.8 Å². The lowest BCUT2D eigenvalue weighted by Crippen LogP contribution is -2.52. The number of aryl methyl sites for hydroxylation is 2. The predicted octanol–water partition coefficient (Wildman–Crippen LogP) is 3.53. The van der Waals surface area contributed by atoms with E-state index in [4.69, 9.17) is 0 Å². The number of halogens is 2. The van der Waals surface area contributed by atoms with Gasteiger partial charge in [-0.25, -0.2) is 13.6 Å². The number of alkyl halides is 1. The molecule has 7 rings (SSSR count). The van der Waals surface area contributed by atoms with Crippen molar-refractivity contribution >= 4 is 45.3 Å². The highest BCUT2D eigenvalue weighted by Crippen LogP contribution is 2.47. The fraction of sp³-hybridized carbons (Fsp3) is 0.400. The molecule has 1 amide bonds. The summed E-state index contributed by atoms with van der Waals surface area (Å²) in [6.45, 7) is 9.03. The molecule has 2 aromatic carbocycles. The van der Waals surface area contributed by atoms with Gasteiger partial charge in [0.05, 0.1) is 28.7 Å². The molecule has 2 fully saturated rings. The Hall–Kier alpha value is -3.77. The summed E-state index contributed by atoms with van der Waals surface area (Å²) in [5.74, 6) is 0.790. The number of fused-ring (bicyclic) bond motifs is 1. The molecule has 9 nitrogen and oxygen atoms in total. The first kappa shape index (κ1) is 27.1. The number of hydrogen-bond acceptors (Lipinski definition) is 7. The first-order chi connectivity index (χ1) is 20.2. The summed E-state index contributed by atoms with van der Waals surface area (Å²) < 4.78 is 31.9. The van der Waals surface area contributed by atoms with Crippen LogP contribution in [0.25, 0.3) is 32.9 Å². The molecule has 42 heavy (non-hydrogen) atoms. The molecule has 2 aromatic heterocycles. The third-order valence-corrected chi connectivity index (χ3v) is 9.93. The van der Waals surface area contributed by atoms with Gasteiger partial charge >= 0.3 is 5.69 Å². The monoisotopic (exact) mass is 591 g/mol. The van der Waals surface area contributed by atoms with Crippen molar-refractivity contribution in [2.75, 3.05) is 56.5 Å². The van der Waals surface area contributed by atoms with Crippen molar-refractivity contribution in [2.45, 2.75) is 24.0 Å². The topological polar surface area (TPSA) is 79.5 Å². The zero-order valence-electron chi connectivity index (χ0n) is 23.5. The fourth-order valence-corrected chi connectivity index (χ4v) is 7.98. The van der Waals surface area contributed by atoms with Gasteiger partial charge in [0.1, 0.15) is 17.8 Å². The SMILES string of the molecule is C=CC(=O)N1CCN(c2nc(=O)n3c4c(c(-c5ccc(F)c6cnn(C)c56)c(C)cc24)SCC3CN2CC(F)C2)CC1. The average Bonchev–Trinajstić information content (AvgIpc) is 3.37. The van der Waals surface area contributed by atoms with Gasteiger partial charge in [-0.2, -0.15) is 10.1 Å². The molecule has 0 saturated carbocycles. The quantitative estimate of drug-likeness (QED) is 0.329. The van der Waals surface area contributed by atoms with Crippen molar-refractivity contribution in [1.82, 2.24) is 29.1 Å². The van der Waals surface area contributed by atoms with Gasteiger partial charge in [0.2, 0.25) is 5.91 Å². The largest absolute Gasteiger partial charge is 0.352 e. The van der Waals surface area contributed by atoms with Crippen LogP contribution in [0.1, 0.15) is 11.6 Å². The molecule has 3 aliphatic heterocycles. The Morgan fingerprint density at radius 1 is 1.17 bits per heavy atom. The molecular weight excluding hydrogens is 560 g/mol. The van der Waals surface area contributed by atoms with E-state index in [0.717, 1.165) is 32.5 Å². The van der Waals surface area contributed by atoms with Crippen LogP contribution in [0.15, 0.2) is 46.7 Å². The molecule has 218 valence electrons. The van der Waals surface area contributed by atoms with Crippen LogP contribution in [-0.2, 0) is 11.8 Å². The second-order valence-electron chi connectivity index (χ2n) is 11.3. The minimum atomic E-state index is -0.827. The van der Waals surface area contributed by atoms with Crippen LogP contribution in [0.5, 0.6) is 0 Å². The van der Waals surface area contributed by atoms with Crippen LogP contribution >= 0.6 is 11.8 Å². The van der Waals surface area contributed by atoms with Crippen molar-refractivity contribution in [3.63, 3.8) is 0 Å². The minimum absolute atomic E-state index is 0.110. The number of anilines is 1. The standard InChI is InChI=1S/C30H31F2N7O2S/c1-4-24(40)37-7-9-38(10-8-37)29-21-11-17(2)25(20-5-6-23(32)22-12-33-35(3)26(20)22)28-27(21)39(30(41)34-29)19(16-42-28)15-36-13-18(31)14-36/h4-6,11-12,18-19H,1,7-10,13-16H2,2-3H3. The number of likely N-dealkylation sites (tertiary alicyclic amines) is 1. The molecule has 0 N–H and O–H groups in total. The lowest BCUT2D eigenvalue weighted by Gasteiger charge is -2.40. The van der Waals surface area contributed by atoms with Gasteiger partial charge in [-0.15, -0.1) is 11.8 Å². The third-order valence-electron chi connectivity index (χ3n) is 8.69. The van der Waals surface area contributed by atoms with Crippen LogP contribution in [0.4, 0.5) is 14.6 Å². The van der Waals surface area contributed by atoms with Crippen LogP contribution in [0.2, 0.25) is 0 Å². The van der Waals surface area contributed by atoms with Gasteiger partial charge in [0.15, 0.2) is 0 Å². The molecule has 1 unspecified atom stereocenters. The number of hydrogen-bond donors (Lipinski definition) is 0. The number of nitrogens with zero attached hydrogens (tertiary/aromatic N) is 7. The van der Waals surface area contributed by atoms with E-state index in [1.165, 1.54) is 12.1 Å². The Bertz CT molecular complexity index is 1820. The smallest absolute Gasteiger partial charge is 0.350 e. The van der Waals surface area contributed by atoms with E-state index in [1.807, 2.05) is 11.8 Å². The molecule has 4 aromatic rings. The number of rotatable bonds is 5. The highest BCUT2D eigenvalue weighted by atomic mass is 32.2. The fourth-order valence-electron chi connectivity index (χ4n) is 6.61. The molecule has 5 heterocycles. The van der Waals surface area contributed by atoms with Crippen molar-refractivity contribution in [2.24, 2.45) is 7.05 Å². The third kappa shape index (κ3) is 4.22. The summed E-state index contributed by atoms with van der Waals surface area (Å²) >= 11 is 1.68. The van der Waals surface area contributed by atoms with Crippen molar-refractivity contribution in [1.29, 1.82) is 0 Å². The maximum Gasteiger partial charge on any atom is 0.350 e. The van der Waals surface area contributed by atoms with Gasteiger partial charge in [-0.3, -0.25) is 18.9 Å². The van der Waals surface area contributed by atoms with E-state index in [0.29, 0.717) is 68.3 Å². The number of benzene rings is 2. The Morgan fingerprint density at radius 2 is 1.93 bits per heavy atom. The molecule has 0 spiro atoms. The number of amides is 1. The zero-order valence-corrected chi connectivity index (χ0v) is 24.3. The summed E-state index contributed by atoms with van der Waals surface area (Å²) in [6, 6.07) is 5.16. The number of piperazine rings is 1. The molecule has 12 heteroatoms. The summed E-state index contributed by atoms with van der Waals surface area (Å²) in [5, 5.41) is 5.64. The Morgan fingerprint density at radius 3 is 2.64 bits per heavy atom. The first-order valence-electron chi connectivity index (χ1n) is 14.1. The second-order valence-corrected chi connectivity index (χ2v) is 12.3. The summed E-state index contributed by atoms with van der Waals surface area (Å²) in [5.41, 5.74) is 3.92. The maximum absolute atomic E-state index is 14.8. The summed E-state index contributed by atoms with van der Waals surface area (Å²) in [7, 11) is 1.80. The van der Waals surface area contributed by atoms with E-state index < -0.39 is 6.17 Å². The lowest BCUT2D eigenvalue weighted by atomic mass is 9.95. The average molecular weight is 592 g/mol. The van der Waals surface area contributed by atoms with Crippen molar-refractivity contribution in [3.8, 4) is 11.1 Å². The Kier molecular flexibility index (Phi) is 6.58. The summed E-state index contributed by atoms with van der Waals surface area (Å²) in [6.07, 6.45) is 2.04. The van der Waals surface area contributed by atoms with E-state index in [2.05, 4.69) is 27.6 Å². The van der Waals surface area contributed by atoms with Crippen LogP contribution < -0.4 is 10.6 Å². The second kappa shape index (κ2) is 10.2.